The minimum Gasteiger partial charge on any atom is -0.497 e. The average molecular weight is 1260 g/mol. The molecule has 88 heavy (non-hydrogen) atoms. The first kappa shape index (κ1) is 60.1. The highest BCUT2D eigenvalue weighted by atomic mass is 79.9. The molecule has 0 unspecified atom stereocenters. The molecule has 6 heterocycles. The van der Waals surface area contributed by atoms with Gasteiger partial charge in [0, 0.05) is 4.47 Å². The van der Waals surface area contributed by atoms with Gasteiger partial charge in [-0.3, -0.25) is 14.4 Å². The van der Waals surface area contributed by atoms with Gasteiger partial charge in [-0.15, -0.1) is 20.4 Å². The third-order valence-corrected chi connectivity index (χ3v) is 15.2. The Kier molecular flexibility index (Phi) is 18.4. The van der Waals surface area contributed by atoms with Crippen molar-refractivity contribution in [2.75, 3.05) is 34.0 Å². The van der Waals surface area contributed by atoms with Crippen molar-refractivity contribution >= 4 is 56.5 Å². The van der Waals surface area contributed by atoms with Crippen LogP contribution in [0.5, 0.6) is 28.7 Å². The normalized spacial score (nSPS) is 13.4. The van der Waals surface area contributed by atoms with E-state index in [-0.39, 0.29) is 39.0 Å². The van der Waals surface area contributed by atoms with E-state index in [0.29, 0.717) is 90.5 Å². The lowest BCUT2D eigenvalue weighted by Crippen LogP contribution is -2.12. The summed E-state index contributed by atoms with van der Waals surface area (Å²) in [7, 11) is 2.21. The van der Waals surface area contributed by atoms with E-state index in [1.165, 1.54) is 36.8 Å². The van der Waals surface area contributed by atoms with E-state index in [4.69, 9.17) is 38.7 Å². The molecule has 25 nitrogen and oxygen atoms in total. The fraction of sp³-hybridized carbons (Fsp3) is 0.311. The molecule has 0 spiro atoms. The Morgan fingerprint density at radius 2 is 0.955 bits per heavy atom. The Morgan fingerprint density at radius 3 is 1.35 bits per heavy atom. The maximum absolute atomic E-state index is 12.7. The van der Waals surface area contributed by atoms with Gasteiger partial charge in [0.15, 0.2) is 27.8 Å². The Labute approximate surface area is 511 Å². The van der Waals surface area contributed by atoms with Crippen LogP contribution in [-0.2, 0) is 13.1 Å². The molecular weight excluding hydrogens is 1190 g/mol. The van der Waals surface area contributed by atoms with Crippen molar-refractivity contribution in [2.45, 2.75) is 90.0 Å². The number of aromatic amines is 4. The minimum absolute atomic E-state index is 0.192. The Hall–Kier alpha value is -9.60. The maximum Gasteiger partial charge on any atom is 0.454 e. The SMILES string of the molecule is CCOc1cc(Br)ccc1-c1nc2c(nnn2Cc2ccc(OC)cc2)c(=O)[nH]1.CCOc1cc(C2CC2)ccc1-c1nc2c(nnn2Cc2ccc(OC)cc2)c(=O)[nH]1.CCOc1cc(C2CC2)ccc1-c1nc2n[nH]nc2c(=O)[nH]1.OB(O)C1CC1. The van der Waals surface area contributed by atoms with Crippen molar-refractivity contribution in [3.8, 4) is 62.9 Å². The van der Waals surface area contributed by atoms with E-state index in [9.17, 15) is 14.4 Å². The van der Waals surface area contributed by atoms with Gasteiger partial charge in [-0.05, 0) is 153 Å². The second-order valence-electron chi connectivity index (χ2n) is 21.0. The second kappa shape index (κ2) is 27.0. The third-order valence-electron chi connectivity index (χ3n) is 14.7. The molecule has 14 rings (SSSR count). The van der Waals surface area contributed by atoms with E-state index in [2.05, 4.69) is 95.1 Å². The number of hydrogen-bond acceptors (Lipinski definition) is 19. The Bertz CT molecular complexity index is 4420. The van der Waals surface area contributed by atoms with Crippen LogP contribution < -0.4 is 40.4 Å². The smallest absolute Gasteiger partial charge is 0.454 e. The molecule has 3 aliphatic carbocycles. The highest BCUT2D eigenvalue weighted by molar-refractivity contribution is 9.10. The molecule has 452 valence electrons. The number of fused-ring (bicyclic) bond motifs is 3. The van der Waals surface area contributed by atoms with E-state index in [1.54, 1.807) is 23.6 Å². The monoisotopic (exact) mass is 1260 g/mol. The molecule has 0 aliphatic heterocycles. The molecule has 6 aromatic heterocycles. The van der Waals surface area contributed by atoms with Crippen molar-refractivity contribution in [3.63, 3.8) is 0 Å². The van der Waals surface area contributed by atoms with E-state index < -0.39 is 7.12 Å². The number of methoxy groups -OCH3 is 2. The topological polar surface area (TPSA) is 327 Å². The summed E-state index contributed by atoms with van der Waals surface area (Å²) in [6.45, 7) is 8.22. The molecule has 0 radical (unpaired) electrons. The van der Waals surface area contributed by atoms with Crippen LogP contribution in [0.2, 0.25) is 5.82 Å². The molecule has 0 amide bonds. The van der Waals surface area contributed by atoms with Gasteiger partial charge in [-0.2, -0.15) is 5.21 Å². The predicted octanol–water partition coefficient (Wildman–Crippen LogP) is 8.52. The van der Waals surface area contributed by atoms with Gasteiger partial charge in [-0.25, -0.2) is 24.3 Å². The first-order valence-electron chi connectivity index (χ1n) is 28.9. The number of nitrogens with zero attached hydrogens (tertiary/aromatic N) is 11. The third kappa shape index (κ3) is 14.1. The summed E-state index contributed by atoms with van der Waals surface area (Å²) in [6, 6.07) is 33.0. The molecule has 5 aromatic carbocycles. The van der Waals surface area contributed by atoms with Gasteiger partial charge < -0.3 is 48.7 Å². The first-order valence-corrected chi connectivity index (χ1v) is 29.7. The van der Waals surface area contributed by atoms with Gasteiger partial charge >= 0.3 is 7.12 Å². The fourth-order valence-electron chi connectivity index (χ4n) is 9.61. The van der Waals surface area contributed by atoms with E-state index in [1.807, 2.05) is 106 Å². The summed E-state index contributed by atoms with van der Waals surface area (Å²) in [4.78, 5) is 59.4. The number of rotatable bonds is 18. The zero-order valence-electron chi connectivity index (χ0n) is 48.9. The van der Waals surface area contributed by atoms with Gasteiger partial charge in [0.25, 0.3) is 16.7 Å². The maximum atomic E-state index is 12.7. The lowest BCUT2D eigenvalue weighted by Gasteiger charge is -2.12. The van der Waals surface area contributed by atoms with Crippen molar-refractivity contribution in [2.24, 2.45) is 0 Å². The van der Waals surface area contributed by atoms with Crippen molar-refractivity contribution in [3.05, 3.63) is 161 Å². The molecule has 6 N–H and O–H groups in total. The van der Waals surface area contributed by atoms with Crippen LogP contribution in [0.25, 0.3) is 67.7 Å². The molecule has 3 fully saturated rings. The van der Waals surface area contributed by atoms with Crippen LogP contribution in [-0.4, -0.2) is 127 Å². The van der Waals surface area contributed by atoms with Gasteiger partial charge in [0.2, 0.25) is 5.65 Å². The zero-order chi connectivity index (χ0) is 61.4. The zero-order valence-corrected chi connectivity index (χ0v) is 50.4. The molecule has 0 atom stereocenters. The van der Waals surface area contributed by atoms with Crippen LogP contribution in [0.1, 0.15) is 93.4 Å². The first-order chi connectivity index (χ1) is 42.8. The lowest BCUT2D eigenvalue weighted by molar-refractivity contribution is 0.341. The molecule has 3 aliphatic rings. The van der Waals surface area contributed by atoms with Gasteiger partial charge in [0.05, 0.1) is 63.8 Å². The summed E-state index contributed by atoms with van der Waals surface area (Å²) in [5.74, 6) is 6.38. The van der Waals surface area contributed by atoms with Gasteiger partial charge in [-0.1, -0.05) is 75.6 Å². The summed E-state index contributed by atoms with van der Waals surface area (Å²) < 4.78 is 31.8. The van der Waals surface area contributed by atoms with Crippen LogP contribution >= 0.6 is 15.9 Å². The summed E-state index contributed by atoms with van der Waals surface area (Å²) in [6.07, 6.45) is 6.87. The van der Waals surface area contributed by atoms with Crippen LogP contribution in [0.15, 0.2) is 122 Å². The molecule has 27 heteroatoms. The number of ether oxygens (including phenoxy) is 5. The summed E-state index contributed by atoms with van der Waals surface area (Å²) in [5, 5.41) is 42.9. The molecule has 0 saturated heterocycles. The highest BCUT2D eigenvalue weighted by Gasteiger charge is 2.33. The van der Waals surface area contributed by atoms with Crippen LogP contribution in [0.4, 0.5) is 0 Å². The quantitative estimate of drug-likeness (QED) is 0.0438. The summed E-state index contributed by atoms with van der Waals surface area (Å²) in [5.41, 5.74) is 7.48. The van der Waals surface area contributed by atoms with E-state index >= 15 is 0 Å². The van der Waals surface area contributed by atoms with Crippen molar-refractivity contribution < 1.29 is 33.7 Å². The van der Waals surface area contributed by atoms with Gasteiger partial charge in [0.1, 0.15) is 46.2 Å². The molecule has 11 aromatic rings. The number of aromatic nitrogens is 15. The fourth-order valence-corrected chi connectivity index (χ4v) is 9.95. The standard InChI is InChI=1S/C23H23N5O3.C20H18BrN5O3.C15H15N5O2.C3H7BO2/c1-3-31-19-12-16(15-6-7-15)8-11-18(19)21-24-22-20(23(29)25-21)26-27-28(22)13-14-4-9-17(30-2)10-5-14;1-3-29-16-10-13(21)6-9-15(16)18-22-19-17(20(27)23-18)24-25-26(19)11-12-4-7-14(28-2)8-5-12;1-2-22-11-7-9(8-3-4-8)5-6-10(11)13-16-14-12(15(21)17-13)18-20-19-14;5-4(6)3-1-2-3/h4-5,8-12,15H,3,6-7,13H2,1-2H3,(H,24,25,29);4-10H,3,11H2,1-2H3,(H,22,23,27);5-8H,2-4H2,1H3,(H2,16,17,18,19,20,21);3,5-6H,1-2H2. The van der Waals surface area contributed by atoms with Crippen LogP contribution in [0, 0.1) is 0 Å². The lowest BCUT2D eigenvalue weighted by atomic mass is 9.84. The number of halogens is 1. The largest absolute Gasteiger partial charge is 0.497 e. The Morgan fingerprint density at radius 1 is 0.534 bits per heavy atom. The number of hydrogen-bond donors (Lipinski definition) is 6. The number of H-pyrrole nitrogens is 4. The second-order valence-corrected chi connectivity index (χ2v) is 21.9. The average Bonchev–Trinajstić information content (AvgIpc) is 2.31. The number of nitrogens with one attached hydrogen (secondary N) is 4. The molecule has 3 saturated carbocycles. The highest BCUT2D eigenvalue weighted by Crippen LogP contribution is 2.44. The number of benzene rings is 5. The summed E-state index contributed by atoms with van der Waals surface area (Å²) >= 11 is 3.44. The minimum atomic E-state index is -1.04. The van der Waals surface area contributed by atoms with Crippen molar-refractivity contribution in [1.82, 2.24) is 75.3 Å². The van der Waals surface area contributed by atoms with Crippen LogP contribution in [0.3, 0.4) is 0 Å². The van der Waals surface area contributed by atoms with E-state index in [0.717, 1.165) is 62.6 Å². The predicted molar refractivity (Wildman–Crippen MR) is 333 cm³/mol. The molecule has 0 bridgehead atoms. The van der Waals surface area contributed by atoms with Crippen molar-refractivity contribution in [1.29, 1.82) is 0 Å². The Balaban J connectivity index is 0.000000131. The molecular formula is C61H63BBrN15O10.